The Labute approximate surface area is 107 Å². The van der Waals surface area contributed by atoms with E-state index < -0.39 is 21.8 Å². The zero-order valence-electron chi connectivity index (χ0n) is 7.32. The second kappa shape index (κ2) is 6.78. The first-order valence-corrected chi connectivity index (χ1v) is 4.71. The second-order valence-electron chi connectivity index (χ2n) is 2.20. The molecule has 0 fully saturated rings. The quantitative estimate of drug-likeness (QED) is 0.310. The van der Waals surface area contributed by atoms with Crippen molar-refractivity contribution in [2.45, 2.75) is 6.92 Å². The monoisotopic (exact) mass is 234 g/mol. The van der Waals surface area contributed by atoms with Gasteiger partial charge in [0, 0.05) is 43.3 Å². The maximum Gasteiger partial charge on any atom is 0.333 e. The summed E-state index contributed by atoms with van der Waals surface area (Å²) < 4.78 is 32.9. The van der Waals surface area contributed by atoms with Crippen LogP contribution in [0.4, 0.5) is 0 Å². The predicted molar refractivity (Wildman–Crippen MR) is 47.9 cm³/mol. The molecule has 0 bridgehead atoms. The fourth-order valence-electron chi connectivity index (χ4n) is 0.363. The fourth-order valence-corrected chi connectivity index (χ4v) is 0.657. The van der Waals surface area contributed by atoms with Crippen molar-refractivity contribution in [3.63, 3.8) is 0 Å². The van der Waals surface area contributed by atoms with E-state index in [0.717, 1.165) is 0 Å². The largest absolute Gasteiger partial charge is 0.461 e. The van der Waals surface area contributed by atoms with Crippen molar-refractivity contribution in [3.05, 3.63) is 12.2 Å². The summed E-state index contributed by atoms with van der Waals surface area (Å²) >= 11 is 0. The number of carbonyl (C=O) groups excluding carboxylic acids is 1. The van der Waals surface area contributed by atoms with Crippen LogP contribution >= 0.6 is 0 Å². The summed E-state index contributed by atoms with van der Waals surface area (Å²) in [6, 6.07) is 0. The van der Waals surface area contributed by atoms with Crippen LogP contribution in [-0.2, 0) is 19.6 Å². The van der Waals surface area contributed by atoms with E-state index in [2.05, 4.69) is 11.3 Å². The van der Waals surface area contributed by atoms with Crippen molar-refractivity contribution in [2.24, 2.45) is 0 Å². The second-order valence-corrected chi connectivity index (χ2v) is 3.77. The van der Waals surface area contributed by atoms with Crippen molar-refractivity contribution in [1.29, 1.82) is 0 Å². The molecular weight excluding hydrogens is 224 g/mol. The molecule has 0 unspecified atom stereocenters. The molecule has 0 amide bonds. The van der Waals surface area contributed by atoms with Crippen LogP contribution in [0, 0.1) is 0 Å². The van der Waals surface area contributed by atoms with Crippen molar-refractivity contribution in [1.82, 2.24) is 0 Å². The third-order valence-electron chi connectivity index (χ3n) is 0.923. The van der Waals surface area contributed by atoms with Gasteiger partial charge in [-0.15, -0.1) is 0 Å². The molecule has 0 aromatic rings. The standard InChI is InChI=1S/C6H10O5S.Ca/c1-5(2)6(7)11-3-4-12(8,9)10;/h1,3-4H2,2H3,(H,8,9,10);. The van der Waals surface area contributed by atoms with E-state index in [1.165, 1.54) is 6.92 Å². The molecule has 0 aliphatic heterocycles. The van der Waals surface area contributed by atoms with Gasteiger partial charge in [-0.25, -0.2) is 4.79 Å². The van der Waals surface area contributed by atoms with Gasteiger partial charge in [0.25, 0.3) is 10.1 Å². The molecule has 1 N–H and O–H groups in total. The molecule has 5 nitrogen and oxygen atoms in total. The molecule has 0 saturated carbocycles. The van der Waals surface area contributed by atoms with Crippen molar-refractivity contribution in [3.8, 4) is 0 Å². The molecule has 13 heavy (non-hydrogen) atoms. The van der Waals surface area contributed by atoms with Crippen LogP contribution < -0.4 is 0 Å². The molecule has 0 atom stereocenters. The maximum atomic E-state index is 10.6. The van der Waals surface area contributed by atoms with Gasteiger partial charge in [0.2, 0.25) is 0 Å². The summed E-state index contributed by atoms with van der Waals surface area (Å²) in [4.78, 5) is 10.6. The maximum absolute atomic E-state index is 10.6. The normalized spacial score (nSPS) is 10.0. The number of hydrogen-bond donors (Lipinski definition) is 1. The van der Waals surface area contributed by atoms with E-state index in [0.29, 0.717) is 0 Å². The first kappa shape index (κ1) is 15.8. The number of hydrogen-bond acceptors (Lipinski definition) is 4. The number of esters is 1. The molecule has 0 aliphatic carbocycles. The van der Waals surface area contributed by atoms with E-state index >= 15 is 0 Å². The van der Waals surface area contributed by atoms with Crippen LogP contribution in [0.15, 0.2) is 12.2 Å². The average molecular weight is 234 g/mol. The van der Waals surface area contributed by atoms with Gasteiger partial charge >= 0.3 is 5.97 Å². The van der Waals surface area contributed by atoms with Crippen LogP contribution in [0.3, 0.4) is 0 Å². The minimum absolute atomic E-state index is 0. The zero-order valence-corrected chi connectivity index (χ0v) is 10.3. The van der Waals surface area contributed by atoms with Crippen molar-refractivity contribution >= 4 is 53.8 Å². The Balaban J connectivity index is 0. The topological polar surface area (TPSA) is 80.7 Å². The number of ether oxygens (including phenoxy) is 1. The van der Waals surface area contributed by atoms with Gasteiger partial charge in [0.1, 0.15) is 12.4 Å². The molecule has 0 saturated heterocycles. The first-order chi connectivity index (χ1) is 5.33. The van der Waals surface area contributed by atoms with Crippen LogP contribution in [0.1, 0.15) is 6.92 Å². The third kappa shape index (κ3) is 10.3. The molecule has 0 aromatic carbocycles. The Morgan fingerprint density at radius 1 is 1.54 bits per heavy atom. The Bertz CT molecular complexity index is 281. The zero-order chi connectivity index (χ0) is 9.78. The molecular formula is C6H10CaO5S. The van der Waals surface area contributed by atoms with Crippen molar-refractivity contribution in [2.75, 3.05) is 12.4 Å². The molecule has 0 aliphatic rings. The van der Waals surface area contributed by atoms with Gasteiger partial charge in [0.05, 0.1) is 0 Å². The van der Waals surface area contributed by atoms with Gasteiger partial charge in [0.15, 0.2) is 0 Å². The smallest absolute Gasteiger partial charge is 0.333 e. The average Bonchev–Trinajstić information content (AvgIpc) is 1.84. The van der Waals surface area contributed by atoms with Crippen LogP contribution in [0.5, 0.6) is 0 Å². The van der Waals surface area contributed by atoms with E-state index in [1.807, 2.05) is 0 Å². The summed E-state index contributed by atoms with van der Waals surface area (Å²) in [5.74, 6) is -1.26. The van der Waals surface area contributed by atoms with E-state index in [1.54, 1.807) is 0 Å². The summed E-state index contributed by atoms with van der Waals surface area (Å²) in [5, 5.41) is 0. The van der Waals surface area contributed by atoms with Crippen LogP contribution in [-0.4, -0.2) is 69.0 Å². The minimum Gasteiger partial charge on any atom is -0.461 e. The van der Waals surface area contributed by atoms with Crippen LogP contribution in [0.25, 0.3) is 0 Å². The van der Waals surface area contributed by atoms with Gasteiger partial charge in [-0.2, -0.15) is 8.42 Å². The van der Waals surface area contributed by atoms with Gasteiger partial charge in [-0.3, -0.25) is 4.55 Å². The minimum atomic E-state index is -4.05. The number of rotatable bonds is 4. The SMILES string of the molecule is C=C(C)C(=O)OCCS(=O)(=O)O.[Ca]. The molecule has 0 heterocycles. The van der Waals surface area contributed by atoms with E-state index in [-0.39, 0.29) is 49.9 Å². The van der Waals surface area contributed by atoms with E-state index in [9.17, 15) is 13.2 Å². The van der Waals surface area contributed by atoms with Crippen LogP contribution in [0.2, 0.25) is 0 Å². The number of carbonyl (C=O) groups is 1. The van der Waals surface area contributed by atoms with Crippen molar-refractivity contribution < 1.29 is 22.5 Å². The first-order valence-electron chi connectivity index (χ1n) is 3.11. The Morgan fingerprint density at radius 2 is 2.00 bits per heavy atom. The molecule has 0 rings (SSSR count). The Hall–Kier alpha value is 0.380. The molecule has 0 aromatic heterocycles. The molecule has 2 radical (unpaired) electrons. The molecule has 72 valence electrons. The Morgan fingerprint density at radius 3 is 2.31 bits per heavy atom. The molecule has 7 heteroatoms. The van der Waals surface area contributed by atoms with Gasteiger partial charge in [-0.1, -0.05) is 6.58 Å². The summed E-state index contributed by atoms with van der Waals surface area (Å²) in [7, 11) is -4.05. The summed E-state index contributed by atoms with van der Waals surface area (Å²) in [5.41, 5.74) is 0.185. The Kier molecular flexibility index (Phi) is 8.26. The third-order valence-corrected chi connectivity index (χ3v) is 1.61. The predicted octanol–water partition coefficient (Wildman–Crippen LogP) is -0.387. The summed E-state index contributed by atoms with van der Waals surface area (Å²) in [6.07, 6.45) is 0. The fraction of sp³-hybridized carbons (Fsp3) is 0.500. The summed E-state index contributed by atoms with van der Waals surface area (Å²) in [6.45, 7) is 4.37. The van der Waals surface area contributed by atoms with Gasteiger partial charge in [-0.05, 0) is 6.92 Å². The van der Waals surface area contributed by atoms with E-state index in [4.69, 9.17) is 4.55 Å². The van der Waals surface area contributed by atoms with Gasteiger partial charge < -0.3 is 4.74 Å². The molecule has 0 spiro atoms.